The largest absolute Gasteiger partial charge is 0.382 e. The van der Waals surface area contributed by atoms with E-state index < -0.39 is 11.5 Å². The van der Waals surface area contributed by atoms with Crippen molar-refractivity contribution < 1.29 is 14.0 Å². The van der Waals surface area contributed by atoms with Gasteiger partial charge in [-0.15, -0.1) is 0 Å². The van der Waals surface area contributed by atoms with Gasteiger partial charge in [-0.2, -0.15) is 14.4 Å². The summed E-state index contributed by atoms with van der Waals surface area (Å²) in [7, 11) is 0. The van der Waals surface area contributed by atoms with Crippen molar-refractivity contribution in [3.05, 3.63) is 44.3 Å². The second kappa shape index (κ2) is 8.38. The van der Waals surface area contributed by atoms with Gasteiger partial charge in [0.15, 0.2) is 22.8 Å². The van der Waals surface area contributed by atoms with E-state index in [9.17, 15) is 14.0 Å². The Kier molecular flexibility index (Phi) is 5.91. The zero-order chi connectivity index (χ0) is 23.2. The fraction of sp³-hybridized carbons (Fsp3) is 0.409. The number of Topliss-reactive ketones (excluding diaryl/α,β-unsaturated/α-hetero) is 1. The normalized spacial score (nSPS) is 13.6. The number of carbonyl (C=O) groups is 2. The molecule has 1 aliphatic rings. The SMILES string of the molecule is CC(C)(C)C(=O)NCCn1c(Cc2cc3c(cc2I)CCC3=O)nc2c(N)nc(F)nc21. The number of ketones is 1. The molecule has 0 aliphatic heterocycles. The number of aromatic nitrogens is 4. The van der Waals surface area contributed by atoms with Crippen LogP contribution < -0.4 is 11.1 Å². The smallest absolute Gasteiger partial charge is 0.312 e. The molecule has 2 heterocycles. The molecule has 3 aromatic rings. The van der Waals surface area contributed by atoms with Gasteiger partial charge in [0.2, 0.25) is 5.91 Å². The van der Waals surface area contributed by atoms with Crippen LogP contribution in [0.3, 0.4) is 0 Å². The average molecular weight is 550 g/mol. The maximum Gasteiger partial charge on any atom is 0.312 e. The van der Waals surface area contributed by atoms with Gasteiger partial charge in [-0.25, -0.2) is 4.98 Å². The molecular weight excluding hydrogens is 526 g/mol. The number of amides is 1. The van der Waals surface area contributed by atoms with E-state index in [2.05, 4.69) is 42.9 Å². The number of rotatable bonds is 5. The maximum absolute atomic E-state index is 13.9. The topological polar surface area (TPSA) is 116 Å². The number of hydrogen-bond acceptors (Lipinski definition) is 6. The number of anilines is 1. The standard InChI is InChI=1S/C22H24FIN6O2/c1-22(2,3)20(32)26-6-7-30-16(27-17-18(25)28-21(23)29-19(17)30)10-12-8-13-11(9-14(12)24)4-5-15(13)31/h8-9H,4-7,10H2,1-3H3,(H,26,32)(H2,25,28,29). The van der Waals surface area contributed by atoms with Crippen molar-refractivity contribution in [1.29, 1.82) is 0 Å². The molecule has 1 aromatic carbocycles. The molecule has 0 fully saturated rings. The Balaban J connectivity index is 1.70. The maximum atomic E-state index is 13.9. The summed E-state index contributed by atoms with van der Waals surface area (Å²) in [4.78, 5) is 36.6. The van der Waals surface area contributed by atoms with E-state index >= 15 is 0 Å². The van der Waals surface area contributed by atoms with Crippen LogP contribution in [0.5, 0.6) is 0 Å². The van der Waals surface area contributed by atoms with Crippen LogP contribution in [0.4, 0.5) is 10.2 Å². The van der Waals surface area contributed by atoms with Crippen LogP contribution in [0, 0.1) is 15.1 Å². The molecular formula is C22H24FIN6O2. The number of carbonyl (C=O) groups excluding carboxylic acids is 2. The zero-order valence-corrected chi connectivity index (χ0v) is 20.3. The van der Waals surface area contributed by atoms with E-state index in [-0.39, 0.29) is 23.2 Å². The van der Waals surface area contributed by atoms with Gasteiger partial charge >= 0.3 is 6.08 Å². The Labute approximate surface area is 198 Å². The minimum Gasteiger partial charge on any atom is -0.382 e. The van der Waals surface area contributed by atoms with Crippen LogP contribution in [-0.4, -0.2) is 37.8 Å². The Hall–Kier alpha value is -2.63. The molecule has 3 N–H and O–H groups in total. The van der Waals surface area contributed by atoms with Crippen molar-refractivity contribution in [2.24, 2.45) is 5.41 Å². The summed E-state index contributed by atoms with van der Waals surface area (Å²) in [6, 6.07) is 3.97. The summed E-state index contributed by atoms with van der Waals surface area (Å²) in [5, 5.41) is 2.89. The van der Waals surface area contributed by atoms with E-state index in [1.165, 1.54) is 0 Å². The Morgan fingerprint density at radius 2 is 2.00 bits per heavy atom. The summed E-state index contributed by atoms with van der Waals surface area (Å²) < 4.78 is 16.7. The Morgan fingerprint density at radius 3 is 2.72 bits per heavy atom. The van der Waals surface area contributed by atoms with E-state index in [0.29, 0.717) is 37.3 Å². The summed E-state index contributed by atoms with van der Waals surface area (Å²) in [6.07, 6.45) is 0.775. The van der Waals surface area contributed by atoms with E-state index in [4.69, 9.17) is 5.73 Å². The van der Waals surface area contributed by atoms with Crippen LogP contribution in [0.25, 0.3) is 11.2 Å². The van der Waals surface area contributed by atoms with Gasteiger partial charge in [0.05, 0.1) is 0 Å². The quantitative estimate of drug-likeness (QED) is 0.373. The van der Waals surface area contributed by atoms with Crippen molar-refractivity contribution in [2.45, 2.75) is 46.6 Å². The second-order valence-electron chi connectivity index (χ2n) is 8.94. The fourth-order valence-electron chi connectivity index (χ4n) is 3.77. The van der Waals surface area contributed by atoms with Crippen LogP contribution in [0.1, 0.15) is 54.5 Å². The minimum absolute atomic E-state index is 0.0370. The van der Waals surface area contributed by atoms with Gasteiger partial charge < -0.3 is 15.6 Å². The van der Waals surface area contributed by atoms with Gasteiger partial charge in [-0.1, -0.05) is 20.8 Å². The van der Waals surface area contributed by atoms with Crippen molar-refractivity contribution in [1.82, 2.24) is 24.8 Å². The van der Waals surface area contributed by atoms with E-state index in [0.717, 1.165) is 26.7 Å². The van der Waals surface area contributed by atoms with Crippen LogP contribution in [-0.2, 0) is 24.2 Å². The first-order valence-electron chi connectivity index (χ1n) is 10.4. The fourth-order valence-corrected chi connectivity index (χ4v) is 4.49. The lowest BCUT2D eigenvalue weighted by Gasteiger charge is -2.18. The number of nitrogen functional groups attached to an aromatic ring is 1. The molecule has 168 valence electrons. The summed E-state index contributed by atoms with van der Waals surface area (Å²) in [6.45, 7) is 6.16. The second-order valence-corrected chi connectivity index (χ2v) is 10.1. The number of aryl methyl sites for hydroxylation is 1. The Morgan fingerprint density at radius 1 is 1.25 bits per heavy atom. The van der Waals surface area contributed by atoms with E-state index in [1.54, 1.807) is 4.57 Å². The molecule has 4 rings (SSSR count). The molecule has 0 spiro atoms. The summed E-state index contributed by atoms with van der Waals surface area (Å²) in [5.41, 5.74) is 8.75. The number of nitrogens with one attached hydrogen (secondary N) is 1. The van der Waals surface area contributed by atoms with Gasteiger partial charge in [0.1, 0.15) is 5.82 Å². The molecule has 0 bridgehead atoms. The zero-order valence-electron chi connectivity index (χ0n) is 18.1. The van der Waals surface area contributed by atoms with Crippen molar-refractivity contribution in [3.8, 4) is 0 Å². The van der Waals surface area contributed by atoms with Crippen LogP contribution in [0.2, 0.25) is 0 Å². The highest BCUT2D eigenvalue weighted by atomic mass is 127. The highest BCUT2D eigenvalue weighted by molar-refractivity contribution is 14.1. The number of nitrogens with zero attached hydrogens (tertiary/aromatic N) is 4. The third kappa shape index (κ3) is 4.32. The molecule has 0 saturated heterocycles. The number of imidazole rings is 1. The van der Waals surface area contributed by atoms with Crippen molar-refractivity contribution in [2.75, 3.05) is 12.3 Å². The highest BCUT2D eigenvalue weighted by Gasteiger charge is 2.24. The van der Waals surface area contributed by atoms with E-state index in [1.807, 2.05) is 32.9 Å². The molecule has 8 nitrogen and oxygen atoms in total. The van der Waals surface area contributed by atoms with Gasteiger partial charge in [0.25, 0.3) is 0 Å². The molecule has 32 heavy (non-hydrogen) atoms. The average Bonchev–Trinajstić information content (AvgIpc) is 3.22. The first-order valence-corrected chi connectivity index (χ1v) is 11.4. The molecule has 0 unspecified atom stereocenters. The summed E-state index contributed by atoms with van der Waals surface area (Å²) >= 11 is 2.26. The molecule has 1 aliphatic carbocycles. The molecule has 0 saturated carbocycles. The molecule has 0 atom stereocenters. The summed E-state index contributed by atoms with van der Waals surface area (Å²) in [5.74, 6) is 0.633. The lowest BCUT2D eigenvalue weighted by Crippen LogP contribution is -2.36. The first kappa shape index (κ1) is 22.6. The number of hydrogen-bond donors (Lipinski definition) is 2. The third-order valence-electron chi connectivity index (χ3n) is 5.52. The predicted molar refractivity (Wildman–Crippen MR) is 127 cm³/mol. The minimum atomic E-state index is -0.931. The van der Waals surface area contributed by atoms with Gasteiger partial charge in [-0.05, 0) is 52.3 Å². The Bertz CT molecular complexity index is 1250. The highest BCUT2D eigenvalue weighted by Crippen LogP contribution is 2.29. The molecule has 10 heteroatoms. The van der Waals surface area contributed by atoms with Crippen molar-refractivity contribution >= 4 is 51.3 Å². The van der Waals surface area contributed by atoms with Crippen LogP contribution in [0.15, 0.2) is 12.1 Å². The third-order valence-corrected chi connectivity index (χ3v) is 6.52. The number of benzene rings is 1. The molecule has 1 amide bonds. The molecule has 0 radical (unpaired) electrons. The first-order chi connectivity index (χ1) is 15.0. The van der Waals surface area contributed by atoms with Crippen molar-refractivity contribution in [3.63, 3.8) is 0 Å². The lowest BCUT2D eigenvalue weighted by molar-refractivity contribution is -0.128. The van der Waals surface area contributed by atoms with Gasteiger partial charge in [-0.3, -0.25) is 9.59 Å². The number of fused-ring (bicyclic) bond motifs is 2. The monoisotopic (exact) mass is 550 g/mol. The lowest BCUT2D eigenvalue weighted by atomic mass is 9.96. The number of nitrogens with two attached hydrogens (primary N) is 1. The predicted octanol–water partition coefficient (Wildman–Crippen LogP) is 3.03. The number of halogens is 2. The molecule has 2 aromatic heterocycles. The van der Waals surface area contributed by atoms with Gasteiger partial charge in [0, 0.05) is 40.5 Å². The van der Waals surface area contributed by atoms with Crippen LogP contribution >= 0.6 is 22.6 Å².